The number of hydrogen-bond donors (Lipinski definition) is 6. The number of aliphatic hydroxyl groups is 5. The maximum Gasteiger partial charge on any atom is 0.306 e. The van der Waals surface area contributed by atoms with E-state index < -0.39 is 67.4 Å². The average molecular weight is 1020 g/mol. The van der Waals surface area contributed by atoms with Crippen molar-refractivity contribution in [3.05, 3.63) is 97.2 Å². The Morgan fingerprint density at radius 1 is 0.562 bits per heavy atom. The van der Waals surface area contributed by atoms with Gasteiger partial charge in [-0.2, -0.15) is 0 Å². The van der Waals surface area contributed by atoms with Gasteiger partial charge in [0, 0.05) is 6.42 Å². The quantitative estimate of drug-likeness (QED) is 0.0149. The van der Waals surface area contributed by atoms with Gasteiger partial charge in [-0.3, -0.25) is 9.59 Å². The predicted molar refractivity (Wildman–Crippen MR) is 301 cm³/mol. The van der Waals surface area contributed by atoms with Gasteiger partial charge in [0.1, 0.15) is 24.4 Å². The third-order valence-electron chi connectivity index (χ3n) is 13.1. The Hall–Kier alpha value is -3.42. The number of carbonyl (C=O) groups excluding carboxylic acids is 2. The molecule has 418 valence electrons. The number of carbonyl (C=O) groups is 2. The van der Waals surface area contributed by atoms with Gasteiger partial charge in [-0.05, 0) is 83.5 Å². The maximum absolute atomic E-state index is 13.4. The molecular formula is C62H105NO10. The zero-order valence-corrected chi connectivity index (χ0v) is 46.0. The number of nitrogens with one attached hydrogen (secondary N) is 1. The summed E-state index contributed by atoms with van der Waals surface area (Å²) in [7, 11) is 0. The van der Waals surface area contributed by atoms with Gasteiger partial charge in [-0.15, -0.1) is 0 Å². The van der Waals surface area contributed by atoms with Crippen LogP contribution in [0.5, 0.6) is 0 Å². The molecule has 73 heavy (non-hydrogen) atoms. The predicted octanol–water partition coefficient (Wildman–Crippen LogP) is 13.2. The highest BCUT2D eigenvalue weighted by Crippen LogP contribution is 2.26. The number of hydrogen-bond acceptors (Lipinski definition) is 10. The van der Waals surface area contributed by atoms with E-state index in [9.17, 15) is 35.1 Å². The zero-order chi connectivity index (χ0) is 53.3. The van der Waals surface area contributed by atoms with E-state index in [4.69, 9.17) is 14.2 Å². The molecule has 1 saturated heterocycles. The van der Waals surface area contributed by atoms with E-state index in [1.807, 2.05) is 42.5 Å². The van der Waals surface area contributed by atoms with Gasteiger partial charge < -0.3 is 45.1 Å². The Balaban J connectivity index is 2.73. The topological polar surface area (TPSA) is 175 Å². The second-order valence-corrected chi connectivity index (χ2v) is 19.7. The SMILES string of the molecule is CC/C=C/C=C/C=C/C=C\CCCCCCC(O)C(=O)NC(COC1OC(CO)C(O)C(O)C1OC(=O)CCCCCCCC/C=C\C/C=C\C/C=C\CCCCC)C(O)/C=C/CCCCCCCCCCC. The molecule has 0 aromatic carbocycles. The largest absolute Gasteiger partial charge is 0.454 e. The first kappa shape index (κ1) is 67.6. The third kappa shape index (κ3) is 37.9. The number of rotatable bonds is 47. The van der Waals surface area contributed by atoms with E-state index in [2.05, 4.69) is 74.7 Å². The lowest BCUT2D eigenvalue weighted by Crippen LogP contribution is -2.61. The molecular weight excluding hydrogens is 919 g/mol. The fourth-order valence-corrected chi connectivity index (χ4v) is 8.43. The van der Waals surface area contributed by atoms with Crippen LogP contribution in [0.15, 0.2) is 97.2 Å². The molecule has 0 bridgehead atoms. The van der Waals surface area contributed by atoms with Crippen molar-refractivity contribution in [3.8, 4) is 0 Å². The van der Waals surface area contributed by atoms with Crippen LogP contribution in [-0.2, 0) is 23.8 Å². The van der Waals surface area contributed by atoms with Crippen molar-refractivity contribution in [2.24, 2.45) is 0 Å². The fourth-order valence-electron chi connectivity index (χ4n) is 8.43. The summed E-state index contributed by atoms with van der Waals surface area (Å²) in [4.78, 5) is 26.5. The molecule has 0 aliphatic carbocycles. The summed E-state index contributed by atoms with van der Waals surface area (Å²) in [5, 5.41) is 56.8. The molecule has 0 saturated carbocycles. The van der Waals surface area contributed by atoms with Crippen molar-refractivity contribution in [1.29, 1.82) is 0 Å². The third-order valence-corrected chi connectivity index (χ3v) is 13.1. The smallest absolute Gasteiger partial charge is 0.306 e. The minimum absolute atomic E-state index is 0.101. The second kappa shape index (κ2) is 49.5. The first-order valence-corrected chi connectivity index (χ1v) is 29.1. The van der Waals surface area contributed by atoms with E-state index in [0.717, 1.165) is 109 Å². The van der Waals surface area contributed by atoms with Gasteiger partial charge in [0.2, 0.25) is 5.91 Å². The summed E-state index contributed by atoms with van der Waals surface area (Å²) in [5.74, 6) is -1.24. The van der Waals surface area contributed by atoms with Gasteiger partial charge in [-0.1, -0.05) is 227 Å². The lowest BCUT2D eigenvalue weighted by molar-refractivity contribution is -0.305. The maximum atomic E-state index is 13.4. The van der Waals surface area contributed by atoms with Crippen LogP contribution in [0.2, 0.25) is 0 Å². The molecule has 1 fully saturated rings. The Morgan fingerprint density at radius 3 is 1.63 bits per heavy atom. The van der Waals surface area contributed by atoms with Gasteiger partial charge in [0.05, 0.1) is 25.4 Å². The van der Waals surface area contributed by atoms with E-state index in [0.29, 0.717) is 12.8 Å². The lowest BCUT2D eigenvalue weighted by atomic mass is 9.99. The highest BCUT2D eigenvalue weighted by molar-refractivity contribution is 5.80. The molecule has 0 radical (unpaired) electrons. The molecule has 0 aromatic heterocycles. The van der Waals surface area contributed by atoms with Crippen molar-refractivity contribution >= 4 is 11.9 Å². The van der Waals surface area contributed by atoms with Crippen molar-refractivity contribution in [2.75, 3.05) is 13.2 Å². The number of amides is 1. The number of allylic oxidation sites excluding steroid dienone is 15. The summed E-state index contributed by atoms with van der Waals surface area (Å²) in [6.07, 6.45) is 54.4. The van der Waals surface area contributed by atoms with E-state index >= 15 is 0 Å². The number of aliphatic hydroxyl groups excluding tert-OH is 5. The van der Waals surface area contributed by atoms with Crippen molar-refractivity contribution in [3.63, 3.8) is 0 Å². The summed E-state index contributed by atoms with van der Waals surface area (Å²) in [6, 6.07) is -1.04. The van der Waals surface area contributed by atoms with Crippen molar-refractivity contribution in [1.82, 2.24) is 5.32 Å². The van der Waals surface area contributed by atoms with Gasteiger partial charge in [0.15, 0.2) is 12.4 Å². The summed E-state index contributed by atoms with van der Waals surface area (Å²) in [5.41, 5.74) is 0. The monoisotopic (exact) mass is 1020 g/mol. The zero-order valence-electron chi connectivity index (χ0n) is 46.0. The minimum Gasteiger partial charge on any atom is -0.454 e. The van der Waals surface area contributed by atoms with E-state index in [1.54, 1.807) is 6.08 Å². The molecule has 6 N–H and O–H groups in total. The number of unbranched alkanes of at least 4 members (excludes halogenated alkanes) is 22. The first-order valence-electron chi connectivity index (χ1n) is 29.1. The molecule has 1 aliphatic heterocycles. The molecule has 0 aromatic rings. The molecule has 11 nitrogen and oxygen atoms in total. The highest BCUT2D eigenvalue weighted by Gasteiger charge is 2.47. The average Bonchev–Trinajstić information content (AvgIpc) is 3.39. The lowest BCUT2D eigenvalue weighted by Gasteiger charge is -2.41. The number of ether oxygens (including phenoxy) is 3. The van der Waals surface area contributed by atoms with Crippen LogP contribution >= 0.6 is 0 Å². The Morgan fingerprint density at radius 2 is 1.04 bits per heavy atom. The molecule has 1 rings (SSSR count). The van der Waals surface area contributed by atoms with Crippen LogP contribution in [0.3, 0.4) is 0 Å². The van der Waals surface area contributed by atoms with Crippen LogP contribution < -0.4 is 5.32 Å². The van der Waals surface area contributed by atoms with Crippen LogP contribution in [0.4, 0.5) is 0 Å². The summed E-state index contributed by atoms with van der Waals surface area (Å²) < 4.78 is 17.6. The van der Waals surface area contributed by atoms with Crippen LogP contribution in [0, 0.1) is 0 Å². The molecule has 0 spiro atoms. The molecule has 1 aliphatic rings. The van der Waals surface area contributed by atoms with Crippen LogP contribution in [0.1, 0.15) is 220 Å². The molecule has 1 heterocycles. The van der Waals surface area contributed by atoms with Crippen LogP contribution in [-0.4, -0.2) is 99.6 Å². The standard InChI is InChI=1S/C62H105NO10/c1-4-7-10-13-16-19-22-24-26-27-28-29-30-32-35-38-41-44-47-50-57(67)73-60-59(69)58(68)56(51-64)72-62(60)71-52-53(54(65)48-45-42-39-36-33-21-18-15-12-9-6-3)63-61(70)55(66)49-46-43-40-37-34-31-25-23-20-17-14-11-8-5-2/h8,11,14,16-17,19-20,23-26,28-29,31,45,48,53-56,58-60,62,64-66,68-69H,4-7,9-10,12-13,15,18,21-22,27,30,32-44,46-47,49-52H2,1-3H3,(H,63,70)/b11-8+,17-14+,19-16-,23-20+,26-24-,29-28-,31-25-,48-45+. The summed E-state index contributed by atoms with van der Waals surface area (Å²) in [6.45, 7) is 5.57. The molecule has 8 unspecified atom stereocenters. The molecule has 8 atom stereocenters. The van der Waals surface area contributed by atoms with Crippen molar-refractivity contribution < 1.29 is 49.3 Å². The van der Waals surface area contributed by atoms with Crippen molar-refractivity contribution in [2.45, 2.75) is 269 Å². The minimum atomic E-state index is -1.63. The Bertz CT molecular complexity index is 1550. The first-order chi connectivity index (χ1) is 35.7. The van der Waals surface area contributed by atoms with Gasteiger partial charge in [-0.25, -0.2) is 0 Å². The highest BCUT2D eigenvalue weighted by atomic mass is 16.7. The second-order valence-electron chi connectivity index (χ2n) is 19.7. The van der Waals surface area contributed by atoms with Gasteiger partial charge >= 0.3 is 5.97 Å². The van der Waals surface area contributed by atoms with Gasteiger partial charge in [0.25, 0.3) is 0 Å². The Labute approximate surface area is 444 Å². The summed E-state index contributed by atoms with van der Waals surface area (Å²) >= 11 is 0. The van der Waals surface area contributed by atoms with E-state index in [-0.39, 0.29) is 19.4 Å². The van der Waals surface area contributed by atoms with Crippen LogP contribution in [0.25, 0.3) is 0 Å². The Kier molecular flexibility index (Phi) is 45.8. The molecule has 1 amide bonds. The fraction of sp³-hybridized carbons (Fsp3) is 0.710. The van der Waals surface area contributed by atoms with E-state index in [1.165, 1.54) is 64.2 Å². The molecule has 11 heteroatoms. The number of esters is 1. The normalized spacial score (nSPS) is 20.1.